The number of hydrogen-bond acceptors (Lipinski definition) is 3. The van der Waals surface area contributed by atoms with Crippen LogP contribution in [0, 0.1) is 0 Å². The van der Waals surface area contributed by atoms with E-state index in [1.54, 1.807) is 31.4 Å². The van der Waals surface area contributed by atoms with E-state index in [2.05, 4.69) is 15.3 Å². The van der Waals surface area contributed by atoms with Crippen LogP contribution in [0.4, 0.5) is 5.69 Å². The van der Waals surface area contributed by atoms with Crippen LogP contribution in [-0.2, 0) is 4.79 Å². The number of carbonyl (C=O) groups is 1. The largest absolute Gasteiger partial charge is 0.497 e. The fourth-order valence-corrected chi connectivity index (χ4v) is 2.18. The highest BCUT2D eigenvalue weighted by molar-refractivity contribution is 6.02. The number of nitrogens with one attached hydrogen (secondary N) is 3. The van der Waals surface area contributed by atoms with Crippen molar-refractivity contribution < 1.29 is 9.53 Å². The van der Waals surface area contributed by atoms with Crippen LogP contribution < -0.4 is 15.7 Å². The molecule has 23 heavy (non-hydrogen) atoms. The number of aromatic amines is 2. The molecule has 0 saturated carbocycles. The van der Waals surface area contributed by atoms with Crippen molar-refractivity contribution in [2.75, 3.05) is 12.4 Å². The Bertz CT molecular complexity index is 920. The van der Waals surface area contributed by atoms with Crippen LogP contribution in [0.5, 0.6) is 5.75 Å². The molecule has 1 aromatic heterocycles. The number of methoxy groups -OCH3 is 1. The van der Waals surface area contributed by atoms with Gasteiger partial charge in [-0.2, -0.15) is 0 Å². The van der Waals surface area contributed by atoms with Gasteiger partial charge in [0.05, 0.1) is 18.1 Å². The number of fused-ring (bicyclic) bond motifs is 1. The van der Waals surface area contributed by atoms with E-state index < -0.39 is 0 Å². The molecule has 1 amide bonds. The second-order valence-electron chi connectivity index (χ2n) is 4.94. The first-order chi connectivity index (χ1) is 11.1. The quantitative estimate of drug-likeness (QED) is 0.647. The Morgan fingerprint density at radius 1 is 1.09 bits per heavy atom. The van der Waals surface area contributed by atoms with Crippen molar-refractivity contribution in [1.82, 2.24) is 9.97 Å². The third-order valence-electron chi connectivity index (χ3n) is 3.33. The van der Waals surface area contributed by atoms with Gasteiger partial charge in [0.25, 0.3) is 0 Å². The van der Waals surface area contributed by atoms with E-state index in [9.17, 15) is 9.59 Å². The van der Waals surface area contributed by atoms with Gasteiger partial charge in [-0.15, -0.1) is 0 Å². The monoisotopic (exact) mass is 309 g/mol. The zero-order valence-corrected chi connectivity index (χ0v) is 12.4. The number of H-pyrrole nitrogens is 2. The predicted molar refractivity (Wildman–Crippen MR) is 89.6 cm³/mol. The van der Waals surface area contributed by atoms with Gasteiger partial charge in [-0.3, -0.25) is 4.79 Å². The summed E-state index contributed by atoms with van der Waals surface area (Å²) in [4.78, 5) is 28.5. The summed E-state index contributed by atoms with van der Waals surface area (Å²) in [5, 5.41) is 2.75. The van der Waals surface area contributed by atoms with Gasteiger partial charge in [0.2, 0.25) is 5.91 Å². The molecule has 0 aliphatic carbocycles. The van der Waals surface area contributed by atoms with Crippen LogP contribution in [0.1, 0.15) is 5.56 Å². The Balaban J connectivity index is 1.69. The van der Waals surface area contributed by atoms with E-state index in [0.717, 1.165) is 11.3 Å². The van der Waals surface area contributed by atoms with Crippen molar-refractivity contribution >= 4 is 28.7 Å². The lowest BCUT2D eigenvalue weighted by Gasteiger charge is -2.02. The van der Waals surface area contributed by atoms with Crippen LogP contribution in [0.3, 0.4) is 0 Å². The van der Waals surface area contributed by atoms with Crippen LogP contribution in [-0.4, -0.2) is 23.0 Å². The van der Waals surface area contributed by atoms with Crippen LogP contribution in [0.2, 0.25) is 0 Å². The highest BCUT2D eigenvalue weighted by Crippen LogP contribution is 2.15. The number of benzene rings is 2. The molecule has 0 unspecified atom stereocenters. The van der Waals surface area contributed by atoms with Crippen molar-refractivity contribution in [3.63, 3.8) is 0 Å². The second kappa shape index (κ2) is 6.23. The van der Waals surface area contributed by atoms with E-state index in [-0.39, 0.29) is 11.6 Å². The highest BCUT2D eigenvalue weighted by atomic mass is 16.5. The third kappa shape index (κ3) is 3.49. The number of imidazole rings is 1. The molecule has 2 aromatic carbocycles. The minimum Gasteiger partial charge on any atom is -0.497 e. The van der Waals surface area contributed by atoms with Gasteiger partial charge in [-0.25, -0.2) is 4.79 Å². The summed E-state index contributed by atoms with van der Waals surface area (Å²) in [6.45, 7) is 0. The predicted octanol–water partition coefficient (Wildman–Crippen LogP) is 2.52. The number of amides is 1. The van der Waals surface area contributed by atoms with Crippen molar-refractivity contribution in [2.24, 2.45) is 0 Å². The Kier molecular flexibility index (Phi) is 3.97. The summed E-state index contributed by atoms with van der Waals surface area (Å²) >= 11 is 0. The molecular formula is C17H15N3O3. The zero-order valence-electron chi connectivity index (χ0n) is 12.4. The van der Waals surface area contributed by atoms with Crippen LogP contribution in [0.25, 0.3) is 17.1 Å². The van der Waals surface area contributed by atoms with Crippen molar-refractivity contribution in [2.45, 2.75) is 0 Å². The molecule has 0 aliphatic heterocycles. The molecule has 6 nitrogen and oxygen atoms in total. The molecule has 0 radical (unpaired) electrons. The van der Waals surface area contributed by atoms with Gasteiger partial charge in [-0.1, -0.05) is 12.1 Å². The van der Waals surface area contributed by atoms with E-state index in [4.69, 9.17) is 4.74 Å². The van der Waals surface area contributed by atoms with Gasteiger partial charge in [-0.05, 0) is 42.0 Å². The maximum atomic E-state index is 11.9. The molecule has 0 fully saturated rings. The zero-order chi connectivity index (χ0) is 16.2. The van der Waals surface area contributed by atoms with Crippen LogP contribution in [0.15, 0.2) is 53.3 Å². The third-order valence-corrected chi connectivity index (χ3v) is 3.33. The Labute approximate surface area is 131 Å². The number of carbonyl (C=O) groups excluding carboxylic acids is 1. The van der Waals surface area contributed by atoms with E-state index in [1.165, 1.54) is 6.08 Å². The Hall–Kier alpha value is -3.28. The lowest BCUT2D eigenvalue weighted by atomic mass is 10.2. The standard InChI is InChI=1S/C17H15N3O3/c1-23-13-6-2-11(3-7-13)4-9-16(21)18-12-5-8-14-15(10-12)20-17(22)19-14/h2-10H,1H3,(H,18,21)(H2,19,20,22)/b9-4+. The van der Waals surface area contributed by atoms with Gasteiger partial charge in [0.1, 0.15) is 5.75 Å². The summed E-state index contributed by atoms with van der Waals surface area (Å²) < 4.78 is 5.08. The van der Waals surface area contributed by atoms with Gasteiger partial charge < -0.3 is 20.0 Å². The summed E-state index contributed by atoms with van der Waals surface area (Å²) in [6, 6.07) is 12.5. The minimum absolute atomic E-state index is 0.252. The minimum atomic E-state index is -0.275. The number of ether oxygens (including phenoxy) is 1. The Morgan fingerprint density at radius 3 is 2.57 bits per heavy atom. The highest BCUT2D eigenvalue weighted by Gasteiger charge is 2.02. The van der Waals surface area contributed by atoms with Crippen molar-refractivity contribution in [3.05, 3.63) is 64.6 Å². The Morgan fingerprint density at radius 2 is 1.83 bits per heavy atom. The fraction of sp³-hybridized carbons (Fsp3) is 0.0588. The molecule has 0 atom stereocenters. The maximum absolute atomic E-state index is 11.9. The van der Waals surface area contributed by atoms with Gasteiger partial charge >= 0.3 is 5.69 Å². The van der Waals surface area contributed by atoms with Crippen LogP contribution >= 0.6 is 0 Å². The molecule has 6 heteroatoms. The van der Waals surface area contributed by atoms with Crippen molar-refractivity contribution in [1.29, 1.82) is 0 Å². The lowest BCUT2D eigenvalue weighted by molar-refractivity contribution is -0.111. The molecule has 3 aromatic rings. The molecule has 1 heterocycles. The van der Waals surface area contributed by atoms with Crippen molar-refractivity contribution in [3.8, 4) is 5.75 Å². The number of anilines is 1. The number of hydrogen-bond donors (Lipinski definition) is 3. The van der Waals surface area contributed by atoms with Gasteiger partial charge in [0, 0.05) is 11.8 Å². The first-order valence-electron chi connectivity index (χ1n) is 6.99. The average molecular weight is 309 g/mol. The molecule has 0 bridgehead atoms. The SMILES string of the molecule is COc1ccc(/C=C/C(=O)Nc2ccc3[nH]c(=O)[nH]c3c2)cc1. The molecule has 0 saturated heterocycles. The fourth-order valence-electron chi connectivity index (χ4n) is 2.18. The second-order valence-corrected chi connectivity index (χ2v) is 4.94. The summed E-state index contributed by atoms with van der Waals surface area (Å²) in [5.41, 5.74) is 2.57. The lowest BCUT2D eigenvalue weighted by Crippen LogP contribution is -2.07. The summed E-state index contributed by atoms with van der Waals surface area (Å²) in [6.07, 6.45) is 3.16. The molecule has 116 valence electrons. The maximum Gasteiger partial charge on any atom is 0.323 e. The molecule has 0 aliphatic rings. The number of rotatable bonds is 4. The normalized spacial score (nSPS) is 11.0. The van der Waals surface area contributed by atoms with Gasteiger partial charge in [0.15, 0.2) is 0 Å². The van der Waals surface area contributed by atoms with E-state index in [1.807, 2.05) is 24.3 Å². The molecule has 0 spiro atoms. The topological polar surface area (TPSA) is 87.0 Å². The first kappa shape index (κ1) is 14.6. The first-order valence-corrected chi connectivity index (χ1v) is 6.99. The summed E-state index contributed by atoms with van der Waals surface area (Å²) in [5.74, 6) is 0.512. The molecular weight excluding hydrogens is 294 g/mol. The molecule has 3 N–H and O–H groups in total. The average Bonchev–Trinajstić information content (AvgIpc) is 2.92. The number of aromatic nitrogens is 2. The van der Waals surface area contributed by atoms with E-state index in [0.29, 0.717) is 16.7 Å². The van der Waals surface area contributed by atoms with E-state index >= 15 is 0 Å². The smallest absolute Gasteiger partial charge is 0.323 e. The summed E-state index contributed by atoms with van der Waals surface area (Å²) in [7, 11) is 1.60. The molecule has 3 rings (SSSR count).